The van der Waals surface area contributed by atoms with Crippen molar-refractivity contribution in [2.75, 3.05) is 0 Å². The lowest BCUT2D eigenvalue weighted by Gasteiger charge is -2.24. The van der Waals surface area contributed by atoms with E-state index in [2.05, 4.69) is 20.8 Å². The minimum atomic E-state index is -4.18. The molecule has 0 aliphatic rings. The van der Waals surface area contributed by atoms with Crippen LogP contribution in [-0.2, 0) is 9.98 Å². The van der Waals surface area contributed by atoms with Crippen LogP contribution in [0, 0.1) is 41.5 Å². The van der Waals surface area contributed by atoms with Gasteiger partial charge in [-0.25, -0.2) is 0 Å². The Bertz CT molecular complexity index is 1290. The lowest BCUT2D eigenvalue weighted by atomic mass is 9.84. The van der Waals surface area contributed by atoms with E-state index in [0.29, 0.717) is 11.1 Å². The third-order valence-electron chi connectivity index (χ3n) is 6.88. The van der Waals surface area contributed by atoms with Crippen molar-refractivity contribution in [3.63, 3.8) is 0 Å². The van der Waals surface area contributed by atoms with Crippen molar-refractivity contribution >= 4 is 23.5 Å². The normalized spacial score (nSPS) is 13.4. The quantitative estimate of drug-likeness (QED) is 0.360. The number of rotatable bonds is 5. The van der Waals surface area contributed by atoms with E-state index in [1.165, 1.54) is 0 Å². The molecule has 0 aliphatic carbocycles. The van der Waals surface area contributed by atoms with E-state index in [-0.39, 0.29) is 10.7 Å². The maximum Gasteiger partial charge on any atom is 0.248 e. The zero-order valence-electron chi connectivity index (χ0n) is 21.8. The molecule has 0 fully saturated rings. The van der Waals surface area contributed by atoms with Crippen LogP contribution < -0.4 is 5.30 Å². The molecule has 0 saturated heterocycles. The van der Waals surface area contributed by atoms with Crippen molar-refractivity contribution in [3.8, 4) is 0 Å². The minimum Gasteiger partial charge on any atom is -0.302 e. The van der Waals surface area contributed by atoms with Gasteiger partial charge in [0.15, 0.2) is 0 Å². The first-order chi connectivity index (χ1) is 15.7. The van der Waals surface area contributed by atoms with E-state index in [9.17, 15) is 14.2 Å². The molecule has 34 heavy (non-hydrogen) atoms. The standard InChI is InChI=1S/C30H35O3P/c1-18-15-19(2)23(6)27(22(18)5)29(32)34(33,25-13-11-10-12-14-25)28(31)26-20(3)16-24(17-21(26)4)30(7,8)9/h10-17H,1-9H3. The predicted octanol–water partition coefficient (Wildman–Crippen LogP) is 7.50. The summed E-state index contributed by atoms with van der Waals surface area (Å²) in [4.78, 5) is 28.4. The minimum absolute atomic E-state index is 0.0939. The fourth-order valence-electron chi connectivity index (χ4n) is 4.55. The van der Waals surface area contributed by atoms with Crippen LogP contribution in [0.3, 0.4) is 0 Å². The molecule has 3 rings (SSSR count). The Labute approximate surface area is 204 Å². The van der Waals surface area contributed by atoms with Crippen LogP contribution in [0.25, 0.3) is 0 Å². The Morgan fingerprint density at radius 3 is 1.53 bits per heavy atom. The monoisotopic (exact) mass is 474 g/mol. The molecular formula is C30H35O3P. The van der Waals surface area contributed by atoms with Crippen molar-refractivity contribution in [2.24, 2.45) is 0 Å². The van der Waals surface area contributed by atoms with Gasteiger partial charge in [-0.3, -0.25) is 9.59 Å². The molecular weight excluding hydrogens is 439 g/mol. The molecule has 3 aromatic carbocycles. The summed E-state index contributed by atoms with van der Waals surface area (Å²) in [7, 11) is -4.18. The van der Waals surface area contributed by atoms with Gasteiger partial charge in [-0.2, -0.15) is 0 Å². The molecule has 1 atom stereocenters. The van der Waals surface area contributed by atoms with Gasteiger partial charge in [0.2, 0.25) is 18.2 Å². The molecule has 0 amide bonds. The molecule has 0 heterocycles. The summed E-state index contributed by atoms with van der Waals surface area (Å²) in [5.74, 6) is 0. The summed E-state index contributed by atoms with van der Waals surface area (Å²) < 4.78 is 14.8. The van der Waals surface area contributed by atoms with Crippen LogP contribution in [0.4, 0.5) is 0 Å². The summed E-state index contributed by atoms with van der Waals surface area (Å²) in [6.07, 6.45) is 0. The number of hydrogen-bond donors (Lipinski definition) is 0. The lowest BCUT2D eigenvalue weighted by molar-refractivity contribution is 0.104. The Hall–Kier alpha value is -2.77. The van der Waals surface area contributed by atoms with Crippen molar-refractivity contribution in [3.05, 3.63) is 98.6 Å². The first kappa shape index (κ1) is 25.8. The van der Waals surface area contributed by atoms with Gasteiger partial charge >= 0.3 is 0 Å². The van der Waals surface area contributed by atoms with Crippen molar-refractivity contribution in [2.45, 2.75) is 67.7 Å². The van der Waals surface area contributed by atoms with E-state index in [1.807, 2.05) is 59.7 Å². The first-order valence-corrected chi connectivity index (χ1v) is 13.4. The molecule has 4 heteroatoms. The zero-order valence-corrected chi connectivity index (χ0v) is 22.7. The topological polar surface area (TPSA) is 51.2 Å². The SMILES string of the molecule is Cc1cc(C)c(C)c(C(=O)P(=O)(C(=O)c2c(C)cc(C(C)(C)C)cc2C)c2ccccc2)c1C. The molecule has 3 aromatic rings. The summed E-state index contributed by atoms with van der Waals surface area (Å²) in [6, 6.07) is 14.5. The summed E-state index contributed by atoms with van der Waals surface area (Å²) in [5.41, 5.74) is 5.54. The van der Waals surface area contributed by atoms with Crippen molar-refractivity contribution < 1.29 is 14.2 Å². The third-order valence-corrected chi connectivity index (χ3v) is 9.50. The van der Waals surface area contributed by atoms with Crippen LogP contribution in [0.1, 0.15) is 80.4 Å². The van der Waals surface area contributed by atoms with Gasteiger partial charge in [0.25, 0.3) is 0 Å². The number of aryl methyl sites for hydroxylation is 4. The molecule has 0 aromatic heterocycles. The molecule has 0 bridgehead atoms. The third kappa shape index (κ3) is 4.34. The number of hydrogen-bond acceptors (Lipinski definition) is 3. The van der Waals surface area contributed by atoms with Crippen molar-refractivity contribution in [1.82, 2.24) is 0 Å². The molecule has 3 nitrogen and oxygen atoms in total. The Kier molecular flexibility index (Phi) is 6.93. The zero-order chi connectivity index (χ0) is 25.6. The largest absolute Gasteiger partial charge is 0.302 e. The van der Waals surface area contributed by atoms with Gasteiger partial charge in [-0.1, -0.05) is 69.3 Å². The van der Waals surface area contributed by atoms with Gasteiger partial charge in [-0.05, 0) is 85.9 Å². The van der Waals surface area contributed by atoms with Gasteiger partial charge in [0.1, 0.15) is 0 Å². The molecule has 0 saturated carbocycles. The average molecular weight is 475 g/mol. The van der Waals surface area contributed by atoms with E-state index in [0.717, 1.165) is 38.9 Å². The predicted molar refractivity (Wildman–Crippen MR) is 142 cm³/mol. The van der Waals surface area contributed by atoms with Gasteiger partial charge in [0.05, 0.1) is 0 Å². The van der Waals surface area contributed by atoms with E-state index in [1.54, 1.807) is 30.3 Å². The van der Waals surface area contributed by atoms with E-state index in [4.69, 9.17) is 0 Å². The van der Waals surface area contributed by atoms with E-state index >= 15 is 0 Å². The Balaban J connectivity index is 2.33. The Morgan fingerprint density at radius 1 is 0.647 bits per heavy atom. The number of carbonyl (C=O) groups is 2. The fourth-order valence-corrected chi connectivity index (χ4v) is 7.11. The van der Waals surface area contributed by atoms with Crippen LogP contribution in [-0.4, -0.2) is 11.0 Å². The molecule has 0 N–H and O–H groups in total. The summed E-state index contributed by atoms with van der Waals surface area (Å²) in [6.45, 7) is 17.7. The summed E-state index contributed by atoms with van der Waals surface area (Å²) >= 11 is 0. The molecule has 0 aliphatic heterocycles. The molecule has 178 valence electrons. The van der Waals surface area contributed by atoms with Gasteiger partial charge in [0, 0.05) is 16.4 Å². The number of benzene rings is 3. The fraction of sp³-hybridized carbons (Fsp3) is 0.333. The van der Waals surface area contributed by atoms with Gasteiger partial charge < -0.3 is 4.57 Å². The second kappa shape index (κ2) is 9.12. The van der Waals surface area contributed by atoms with E-state index < -0.39 is 18.2 Å². The maximum absolute atomic E-state index is 14.8. The van der Waals surface area contributed by atoms with Crippen LogP contribution in [0.15, 0.2) is 48.5 Å². The number of carbonyl (C=O) groups excluding carboxylic acids is 2. The Morgan fingerprint density at radius 2 is 1.09 bits per heavy atom. The highest BCUT2D eigenvalue weighted by atomic mass is 31.2. The molecule has 0 spiro atoms. The molecule has 1 unspecified atom stereocenters. The second-order valence-electron chi connectivity index (χ2n) is 10.4. The van der Waals surface area contributed by atoms with Crippen LogP contribution in [0.2, 0.25) is 0 Å². The van der Waals surface area contributed by atoms with Crippen LogP contribution in [0.5, 0.6) is 0 Å². The second-order valence-corrected chi connectivity index (χ2v) is 13.0. The van der Waals surface area contributed by atoms with Gasteiger partial charge in [-0.15, -0.1) is 0 Å². The highest BCUT2D eigenvalue weighted by Crippen LogP contribution is 2.53. The lowest BCUT2D eigenvalue weighted by Crippen LogP contribution is -2.23. The smallest absolute Gasteiger partial charge is 0.248 e. The average Bonchev–Trinajstić information content (AvgIpc) is 2.76. The maximum atomic E-state index is 14.8. The highest BCUT2D eigenvalue weighted by Gasteiger charge is 2.45. The van der Waals surface area contributed by atoms with Crippen LogP contribution >= 0.6 is 7.14 Å². The first-order valence-electron chi connectivity index (χ1n) is 11.7. The molecule has 0 radical (unpaired) electrons. The highest BCUT2D eigenvalue weighted by molar-refractivity contribution is 8.01. The van der Waals surface area contributed by atoms with Crippen molar-refractivity contribution in [1.29, 1.82) is 0 Å². The summed E-state index contributed by atoms with van der Waals surface area (Å²) in [5, 5.41) is 0.279.